The fourth-order valence-corrected chi connectivity index (χ4v) is 3.66. The molecule has 0 bridgehead atoms. The summed E-state index contributed by atoms with van der Waals surface area (Å²) in [7, 11) is 0. The van der Waals surface area contributed by atoms with Gasteiger partial charge >= 0.3 is 0 Å². The van der Waals surface area contributed by atoms with Crippen molar-refractivity contribution >= 4 is 17.7 Å². The molecular weight excluding hydrogens is 437 g/mol. The predicted molar refractivity (Wildman–Crippen MR) is 131 cm³/mol. The number of aliphatic hydroxyl groups is 1. The minimum absolute atomic E-state index is 0.0432. The van der Waals surface area contributed by atoms with Crippen molar-refractivity contribution in [2.75, 3.05) is 0 Å². The zero-order chi connectivity index (χ0) is 26.0. The quantitative estimate of drug-likeness (QED) is 0.349. The third-order valence-corrected chi connectivity index (χ3v) is 5.51. The second kappa shape index (κ2) is 14.0. The molecule has 7 nitrogen and oxygen atoms in total. The molecule has 0 aromatic heterocycles. The standard InChI is InChI=1S/C26H42FN3O4/c1-15(2)12-21(18(7)31)29-26(34)24(17(5)6)30-25(33)22(28-23(32)13-16(3)4)14-19-10-8-9-11-20(19)27/h8-11,15-18,21-22,24,31H,12-14H2,1-7H3,(H,28,32)(H,29,34)(H,30,33)/t18-,21-,22-,24-/m0/s1. The highest BCUT2D eigenvalue weighted by molar-refractivity contribution is 5.92. The maximum atomic E-state index is 14.3. The first kappa shape index (κ1) is 29.6. The Labute approximate surface area is 203 Å². The summed E-state index contributed by atoms with van der Waals surface area (Å²) in [5.74, 6) is -1.66. The molecule has 0 saturated heterocycles. The zero-order valence-electron chi connectivity index (χ0n) is 21.5. The van der Waals surface area contributed by atoms with Crippen molar-refractivity contribution in [1.29, 1.82) is 0 Å². The molecule has 0 radical (unpaired) electrons. The number of nitrogens with one attached hydrogen (secondary N) is 3. The number of hydrogen-bond acceptors (Lipinski definition) is 4. The highest BCUT2D eigenvalue weighted by Gasteiger charge is 2.31. The Bertz CT molecular complexity index is 811. The first-order valence-corrected chi connectivity index (χ1v) is 12.1. The minimum atomic E-state index is -1.04. The zero-order valence-corrected chi connectivity index (χ0v) is 21.5. The van der Waals surface area contributed by atoms with Gasteiger partial charge in [-0.15, -0.1) is 0 Å². The van der Waals surface area contributed by atoms with Crippen LogP contribution >= 0.6 is 0 Å². The minimum Gasteiger partial charge on any atom is -0.391 e. The van der Waals surface area contributed by atoms with Crippen LogP contribution in [0.2, 0.25) is 0 Å². The van der Waals surface area contributed by atoms with E-state index in [2.05, 4.69) is 16.0 Å². The van der Waals surface area contributed by atoms with E-state index in [1.807, 2.05) is 27.7 Å². The summed E-state index contributed by atoms with van der Waals surface area (Å²) >= 11 is 0. The van der Waals surface area contributed by atoms with Crippen LogP contribution < -0.4 is 16.0 Å². The molecule has 1 rings (SSSR count). The maximum Gasteiger partial charge on any atom is 0.243 e. The van der Waals surface area contributed by atoms with Gasteiger partial charge in [0.15, 0.2) is 0 Å². The number of carbonyl (C=O) groups is 3. The lowest BCUT2D eigenvalue weighted by Crippen LogP contribution is -2.58. The molecule has 192 valence electrons. The number of rotatable bonds is 13. The molecule has 0 heterocycles. The molecule has 1 aromatic carbocycles. The fourth-order valence-electron chi connectivity index (χ4n) is 3.66. The van der Waals surface area contributed by atoms with Gasteiger partial charge in [-0.25, -0.2) is 4.39 Å². The van der Waals surface area contributed by atoms with Gasteiger partial charge in [-0.1, -0.05) is 59.7 Å². The maximum absolute atomic E-state index is 14.3. The van der Waals surface area contributed by atoms with Crippen molar-refractivity contribution in [3.63, 3.8) is 0 Å². The average Bonchev–Trinajstić information content (AvgIpc) is 2.70. The summed E-state index contributed by atoms with van der Waals surface area (Å²) in [6.45, 7) is 13.0. The van der Waals surface area contributed by atoms with E-state index in [9.17, 15) is 23.9 Å². The normalized spacial score (nSPS) is 15.1. The molecular formula is C26H42FN3O4. The van der Waals surface area contributed by atoms with Crippen LogP contribution in [0.3, 0.4) is 0 Å². The van der Waals surface area contributed by atoms with Crippen LogP contribution in [0.25, 0.3) is 0 Å². The molecule has 0 aliphatic carbocycles. The summed E-state index contributed by atoms with van der Waals surface area (Å²) in [6, 6.07) is 3.71. The van der Waals surface area contributed by atoms with Crippen molar-refractivity contribution < 1.29 is 23.9 Å². The van der Waals surface area contributed by atoms with Gasteiger partial charge in [0, 0.05) is 12.8 Å². The van der Waals surface area contributed by atoms with Crippen molar-refractivity contribution in [2.24, 2.45) is 17.8 Å². The Morgan fingerprint density at radius 1 is 0.882 bits per heavy atom. The molecule has 8 heteroatoms. The smallest absolute Gasteiger partial charge is 0.243 e. The van der Waals surface area contributed by atoms with E-state index in [1.54, 1.807) is 39.0 Å². The van der Waals surface area contributed by atoms with Gasteiger partial charge in [0.2, 0.25) is 17.7 Å². The lowest BCUT2D eigenvalue weighted by Gasteiger charge is -2.29. The van der Waals surface area contributed by atoms with E-state index in [0.717, 1.165) is 0 Å². The second-order valence-electron chi connectivity index (χ2n) is 10.2. The number of aliphatic hydroxyl groups excluding tert-OH is 1. The van der Waals surface area contributed by atoms with E-state index in [0.29, 0.717) is 12.0 Å². The summed E-state index contributed by atoms with van der Waals surface area (Å²) in [6.07, 6.45) is 0.0151. The highest BCUT2D eigenvalue weighted by Crippen LogP contribution is 2.13. The molecule has 0 spiro atoms. The molecule has 0 saturated carbocycles. The van der Waals surface area contributed by atoms with Crippen LogP contribution in [-0.2, 0) is 20.8 Å². The second-order valence-corrected chi connectivity index (χ2v) is 10.2. The number of carbonyl (C=O) groups excluding carboxylic acids is 3. The van der Waals surface area contributed by atoms with Crippen molar-refractivity contribution in [2.45, 2.75) is 92.0 Å². The van der Waals surface area contributed by atoms with Gasteiger partial charge in [-0.2, -0.15) is 0 Å². The molecule has 0 fully saturated rings. The van der Waals surface area contributed by atoms with Gasteiger partial charge in [-0.05, 0) is 42.7 Å². The highest BCUT2D eigenvalue weighted by atomic mass is 19.1. The van der Waals surface area contributed by atoms with Gasteiger partial charge in [0.25, 0.3) is 0 Å². The Kier molecular flexibility index (Phi) is 12.2. The first-order chi connectivity index (χ1) is 15.8. The van der Waals surface area contributed by atoms with Crippen LogP contribution in [0, 0.1) is 23.6 Å². The summed E-state index contributed by atoms with van der Waals surface area (Å²) in [5.41, 5.74) is 0.296. The third kappa shape index (κ3) is 10.2. The van der Waals surface area contributed by atoms with Crippen LogP contribution in [0.15, 0.2) is 24.3 Å². The Morgan fingerprint density at radius 2 is 1.50 bits per heavy atom. The summed E-state index contributed by atoms with van der Waals surface area (Å²) < 4.78 is 14.3. The summed E-state index contributed by atoms with van der Waals surface area (Å²) in [4.78, 5) is 38.7. The fraction of sp³-hybridized carbons (Fsp3) is 0.654. The van der Waals surface area contributed by atoms with Crippen molar-refractivity contribution in [3.05, 3.63) is 35.6 Å². The van der Waals surface area contributed by atoms with Crippen molar-refractivity contribution in [3.8, 4) is 0 Å². The summed E-state index contributed by atoms with van der Waals surface area (Å²) in [5, 5.41) is 18.4. The van der Waals surface area contributed by atoms with Crippen LogP contribution in [-0.4, -0.2) is 47.1 Å². The van der Waals surface area contributed by atoms with Gasteiger partial charge in [0.1, 0.15) is 17.9 Å². The number of benzene rings is 1. The van der Waals surface area contributed by atoms with E-state index in [-0.39, 0.29) is 36.5 Å². The van der Waals surface area contributed by atoms with Crippen LogP contribution in [0.4, 0.5) is 4.39 Å². The molecule has 4 N–H and O–H groups in total. The predicted octanol–water partition coefficient (Wildman–Crippen LogP) is 2.95. The van der Waals surface area contributed by atoms with Gasteiger partial charge < -0.3 is 21.1 Å². The molecule has 1 aromatic rings. The topological polar surface area (TPSA) is 108 Å². The van der Waals surface area contributed by atoms with Crippen LogP contribution in [0.5, 0.6) is 0 Å². The lowest BCUT2D eigenvalue weighted by molar-refractivity contribution is -0.133. The van der Waals surface area contributed by atoms with E-state index in [4.69, 9.17) is 0 Å². The first-order valence-electron chi connectivity index (χ1n) is 12.1. The Balaban J connectivity index is 3.07. The van der Waals surface area contributed by atoms with Crippen LogP contribution in [0.1, 0.15) is 66.9 Å². The third-order valence-electron chi connectivity index (χ3n) is 5.51. The molecule has 4 atom stereocenters. The number of hydrogen-bond donors (Lipinski definition) is 4. The Hall–Kier alpha value is -2.48. The average molecular weight is 480 g/mol. The largest absolute Gasteiger partial charge is 0.391 e. The van der Waals surface area contributed by atoms with Gasteiger partial charge in [-0.3, -0.25) is 14.4 Å². The molecule has 0 aliphatic rings. The van der Waals surface area contributed by atoms with E-state index >= 15 is 0 Å². The molecule has 0 unspecified atom stereocenters. The van der Waals surface area contributed by atoms with E-state index < -0.39 is 41.9 Å². The van der Waals surface area contributed by atoms with Crippen molar-refractivity contribution in [1.82, 2.24) is 16.0 Å². The Morgan fingerprint density at radius 3 is 2.00 bits per heavy atom. The monoisotopic (exact) mass is 479 g/mol. The lowest BCUT2D eigenvalue weighted by atomic mass is 9.97. The SMILES string of the molecule is CC(C)CC(=O)N[C@@H](Cc1ccccc1F)C(=O)N[C@H](C(=O)N[C@@H](CC(C)C)[C@H](C)O)C(C)C. The van der Waals surface area contributed by atoms with Gasteiger partial charge in [0.05, 0.1) is 12.1 Å². The molecule has 34 heavy (non-hydrogen) atoms. The number of amides is 3. The molecule has 0 aliphatic heterocycles. The van der Waals surface area contributed by atoms with E-state index in [1.165, 1.54) is 6.07 Å². The molecule has 3 amide bonds. The number of halogens is 1.